The summed E-state index contributed by atoms with van der Waals surface area (Å²) in [5.41, 5.74) is 2.20. The maximum Gasteiger partial charge on any atom is 0.191 e. The third-order valence-corrected chi connectivity index (χ3v) is 5.15. The number of guanidine groups is 1. The van der Waals surface area contributed by atoms with Crippen LogP contribution in [-0.2, 0) is 21.1 Å². The Morgan fingerprint density at radius 2 is 1.90 bits per heavy atom. The van der Waals surface area contributed by atoms with Crippen molar-refractivity contribution < 1.29 is 17.9 Å². The first kappa shape index (κ1) is 26.2. The number of sulfone groups is 1. The zero-order valence-corrected chi connectivity index (χ0v) is 20.1. The second-order valence-electron chi connectivity index (χ2n) is 8.03. The van der Waals surface area contributed by atoms with E-state index in [4.69, 9.17) is 9.47 Å². The lowest BCUT2D eigenvalue weighted by atomic mass is 10.1. The summed E-state index contributed by atoms with van der Waals surface area (Å²) in [6, 6.07) is 6.20. The fraction of sp³-hybridized carbons (Fsp3) is 0.682. The van der Waals surface area contributed by atoms with Gasteiger partial charge in [0.1, 0.15) is 15.6 Å². The smallest absolute Gasteiger partial charge is 0.191 e. The number of hydrogen-bond acceptors (Lipinski definition) is 5. The highest BCUT2D eigenvalue weighted by Crippen LogP contribution is 2.24. The van der Waals surface area contributed by atoms with E-state index in [1.165, 1.54) is 6.26 Å². The second-order valence-corrected chi connectivity index (χ2v) is 10.3. The van der Waals surface area contributed by atoms with Crippen molar-refractivity contribution in [2.75, 3.05) is 38.3 Å². The molecule has 7 nitrogen and oxygen atoms in total. The second kappa shape index (κ2) is 13.5. The van der Waals surface area contributed by atoms with E-state index in [0.717, 1.165) is 29.8 Å². The molecule has 0 fully saturated rings. The van der Waals surface area contributed by atoms with Gasteiger partial charge in [0.2, 0.25) is 0 Å². The van der Waals surface area contributed by atoms with Crippen LogP contribution in [0.15, 0.2) is 23.2 Å². The Kier molecular flexibility index (Phi) is 11.8. The van der Waals surface area contributed by atoms with E-state index in [1.807, 2.05) is 6.92 Å². The number of hydrogen-bond donors (Lipinski definition) is 2. The first-order valence-corrected chi connectivity index (χ1v) is 12.7. The van der Waals surface area contributed by atoms with Crippen LogP contribution in [0.5, 0.6) is 5.75 Å². The highest BCUT2D eigenvalue weighted by molar-refractivity contribution is 7.90. The number of aryl methyl sites for hydroxylation is 1. The third kappa shape index (κ3) is 12.0. The van der Waals surface area contributed by atoms with Crippen LogP contribution in [0.1, 0.15) is 45.2 Å². The van der Waals surface area contributed by atoms with Crippen molar-refractivity contribution in [1.29, 1.82) is 0 Å². The van der Waals surface area contributed by atoms with E-state index >= 15 is 0 Å². The van der Waals surface area contributed by atoms with Crippen molar-refractivity contribution in [3.8, 4) is 5.75 Å². The predicted octanol–water partition coefficient (Wildman–Crippen LogP) is 2.92. The number of ether oxygens (including phenoxy) is 2. The Bertz CT molecular complexity index is 764. The van der Waals surface area contributed by atoms with Crippen LogP contribution in [0.2, 0.25) is 0 Å². The van der Waals surface area contributed by atoms with Crippen molar-refractivity contribution in [3.63, 3.8) is 0 Å². The molecule has 2 N–H and O–H groups in total. The molecular weight excluding hydrogens is 402 g/mol. The molecule has 1 aromatic carbocycles. The van der Waals surface area contributed by atoms with Gasteiger partial charge < -0.3 is 20.1 Å². The zero-order chi connectivity index (χ0) is 22.6. The molecule has 0 heterocycles. The summed E-state index contributed by atoms with van der Waals surface area (Å²) in [7, 11) is -2.99. The lowest BCUT2D eigenvalue weighted by Gasteiger charge is -2.19. The number of aliphatic imine (C=N–C) groups is 1. The summed E-state index contributed by atoms with van der Waals surface area (Å²) >= 11 is 0. The highest BCUT2D eigenvalue weighted by atomic mass is 32.2. The van der Waals surface area contributed by atoms with Crippen LogP contribution in [-0.4, -0.2) is 58.8 Å². The molecule has 172 valence electrons. The Labute approximate surface area is 182 Å². The molecule has 1 unspecified atom stereocenters. The molecule has 0 radical (unpaired) electrons. The minimum Gasteiger partial charge on any atom is -0.490 e. The van der Waals surface area contributed by atoms with Gasteiger partial charge in [0, 0.05) is 24.9 Å². The Hall–Kier alpha value is -1.80. The molecule has 8 heteroatoms. The SMILES string of the molecule is CCNC(=NCc1ccc(C)cc1OC(C)CC(C)C)NCCOCCS(C)(=O)=O. The standard InChI is InChI=1S/C22H39N3O4S/c1-7-23-22(24-10-11-28-12-13-30(6,26)27)25-16-20-9-8-18(4)15-21(20)29-19(5)14-17(2)3/h8-9,15,17,19H,7,10-14,16H2,1-6H3,(H2,23,24,25). The van der Waals surface area contributed by atoms with Gasteiger partial charge in [-0.15, -0.1) is 0 Å². The summed E-state index contributed by atoms with van der Waals surface area (Å²) in [6.07, 6.45) is 2.35. The van der Waals surface area contributed by atoms with Crippen molar-refractivity contribution in [3.05, 3.63) is 29.3 Å². The predicted molar refractivity (Wildman–Crippen MR) is 124 cm³/mol. The van der Waals surface area contributed by atoms with E-state index in [9.17, 15) is 8.42 Å². The first-order valence-electron chi connectivity index (χ1n) is 10.6. The molecule has 30 heavy (non-hydrogen) atoms. The van der Waals surface area contributed by atoms with Crippen molar-refractivity contribution in [1.82, 2.24) is 10.6 Å². The largest absolute Gasteiger partial charge is 0.490 e. The number of rotatable bonds is 13. The van der Waals surface area contributed by atoms with Gasteiger partial charge in [-0.05, 0) is 44.7 Å². The molecule has 0 bridgehead atoms. The molecule has 0 aliphatic carbocycles. The molecule has 1 atom stereocenters. The lowest BCUT2D eigenvalue weighted by molar-refractivity contribution is 0.154. The van der Waals surface area contributed by atoms with Crippen LogP contribution < -0.4 is 15.4 Å². The molecule has 0 saturated heterocycles. The first-order chi connectivity index (χ1) is 14.1. The van der Waals surface area contributed by atoms with Gasteiger partial charge in [-0.3, -0.25) is 0 Å². The van der Waals surface area contributed by atoms with Crippen LogP contribution in [0.3, 0.4) is 0 Å². The molecular formula is C22H39N3O4S. The summed E-state index contributed by atoms with van der Waals surface area (Å²) in [5, 5.41) is 6.42. The molecule has 0 aliphatic rings. The van der Waals surface area contributed by atoms with E-state index in [2.05, 4.69) is 61.5 Å². The van der Waals surface area contributed by atoms with Gasteiger partial charge in [-0.2, -0.15) is 0 Å². The van der Waals surface area contributed by atoms with Gasteiger partial charge >= 0.3 is 0 Å². The van der Waals surface area contributed by atoms with Crippen LogP contribution in [0.4, 0.5) is 0 Å². The minimum atomic E-state index is -2.99. The minimum absolute atomic E-state index is 0.0343. The number of nitrogens with zero attached hydrogens (tertiary/aromatic N) is 1. The average Bonchev–Trinajstić information content (AvgIpc) is 2.62. The Balaban J connectivity index is 2.66. The van der Waals surface area contributed by atoms with Gasteiger partial charge in [-0.1, -0.05) is 26.0 Å². The fourth-order valence-electron chi connectivity index (χ4n) is 2.89. The van der Waals surface area contributed by atoms with Gasteiger partial charge in [0.25, 0.3) is 0 Å². The number of nitrogens with one attached hydrogen (secondary N) is 2. The van der Waals surface area contributed by atoms with Crippen LogP contribution >= 0.6 is 0 Å². The molecule has 0 aromatic heterocycles. The highest BCUT2D eigenvalue weighted by Gasteiger charge is 2.11. The maximum atomic E-state index is 11.1. The van der Waals surface area contributed by atoms with Crippen LogP contribution in [0, 0.1) is 12.8 Å². The molecule has 0 aliphatic heterocycles. The summed E-state index contributed by atoms with van der Waals surface area (Å²) < 4.78 is 33.8. The van der Waals surface area contributed by atoms with Crippen LogP contribution in [0.25, 0.3) is 0 Å². The molecule has 1 rings (SSSR count). The van der Waals surface area contributed by atoms with Crippen molar-refractivity contribution in [2.24, 2.45) is 10.9 Å². The normalized spacial score (nSPS) is 13.4. The van der Waals surface area contributed by atoms with E-state index < -0.39 is 9.84 Å². The van der Waals surface area contributed by atoms with Gasteiger partial charge in [0.15, 0.2) is 5.96 Å². The summed E-state index contributed by atoms with van der Waals surface area (Å²) in [4.78, 5) is 4.66. The van der Waals surface area contributed by atoms with E-state index in [-0.39, 0.29) is 18.5 Å². The fourth-order valence-corrected chi connectivity index (χ4v) is 3.31. The topological polar surface area (TPSA) is 89.0 Å². The number of benzene rings is 1. The van der Waals surface area contributed by atoms with E-state index in [1.54, 1.807) is 0 Å². The molecule has 0 spiro atoms. The maximum absolute atomic E-state index is 11.1. The third-order valence-electron chi connectivity index (χ3n) is 4.24. The molecule has 1 aromatic rings. The summed E-state index contributed by atoms with van der Waals surface area (Å²) in [5.74, 6) is 2.18. The quantitative estimate of drug-likeness (QED) is 0.278. The lowest BCUT2D eigenvalue weighted by Crippen LogP contribution is -2.39. The monoisotopic (exact) mass is 441 g/mol. The molecule has 0 amide bonds. The van der Waals surface area contributed by atoms with Gasteiger partial charge in [0.05, 0.1) is 31.6 Å². The Morgan fingerprint density at radius 1 is 1.17 bits per heavy atom. The zero-order valence-electron chi connectivity index (χ0n) is 19.3. The van der Waals surface area contributed by atoms with Crippen molar-refractivity contribution in [2.45, 2.75) is 53.7 Å². The Morgan fingerprint density at radius 3 is 2.53 bits per heavy atom. The van der Waals surface area contributed by atoms with Gasteiger partial charge in [-0.25, -0.2) is 13.4 Å². The van der Waals surface area contributed by atoms with E-state index in [0.29, 0.717) is 31.6 Å². The molecule has 0 saturated carbocycles. The van der Waals surface area contributed by atoms with Crippen molar-refractivity contribution >= 4 is 15.8 Å². The average molecular weight is 442 g/mol. The summed E-state index contributed by atoms with van der Waals surface area (Å²) in [6.45, 7) is 12.9.